The Labute approximate surface area is 90.0 Å². The van der Waals surface area contributed by atoms with Crippen LogP contribution >= 0.6 is 11.3 Å². The van der Waals surface area contributed by atoms with Crippen LogP contribution in [0.15, 0.2) is 0 Å². The summed E-state index contributed by atoms with van der Waals surface area (Å²) in [5, 5.41) is 27.7. The van der Waals surface area contributed by atoms with Gasteiger partial charge in [0.25, 0.3) is 0 Å². The number of nitrogens with zero attached hydrogens (tertiary/aromatic N) is 1. The van der Waals surface area contributed by atoms with Crippen molar-refractivity contribution in [3.63, 3.8) is 0 Å². The summed E-state index contributed by atoms with van der Waals surface area (Å²) in [5.41, 5.74) is 5.49. The molecule has 0 saturated carbocycles. The second kappa shape index (κ2) is 4.67. The van der Waals surface area contributed by atoms with Crippen LogP contribution < -0.4 is 5.73 Å². The van der Waals surface area contributed by atoms with Crippen molar-refractivity contribution in [3.8, 4) is 0 Å². The van der Waals surface area contributed by atoms with Crippen molar-refractivity contribution >= 4 is 17.3 Å². The predicted octanol–water partition coefficient (Wildman–Crippen LogP) is -0.497. The molecule has 1 aromatic rings. The number of hydrogen-bond donors (Lipinski definition) is 4. The summed E-state index contributed by atoms with van der Waals surface area (Å²) in [7, 11) is 0. The van der Waals surface area contributed by atoms with Gasteiger partial charge in [-0.15, -0.1) is 11.3 Å². The highest BCUT2D eigenvalue weighted by Crippen LogP contribution is 2.25. The fourth-order valence-corrected chi connectivity index (χ4v) is 1.99. The Kier molecular flexibility index (Phi) is 3.75. The van der Waals surface area contributed by atoms with Crippen molar-refractivity contribution in [2.45, 2.75) is 19.1 Å². The Morgan fingerprint density at radius 3 is 2.60 bits per heavy atom. The molecule has 0 fully saturated rings. The number of aromatic carboxylic acids is 1. The van der Waals surface area contributed by atoms with Crippen LogP contribution in [-0.4, -0.2) is 38.9 Å². The maximum atomic E-state index is 10.7. The van der Waals surface area contributed by atoms with Gasteiger partial charge in [-0.3, -0.25) is 0 Å². The molecular weight excluding hydrogens is 220 g/mol. The van der Waals surface area contributed by atoms with Gasteiger partial charge >= 0.3 is 5.97 Å². The second-order valence-corrected chi connectivity index (χ2v) is 4.05. The number of aliphatic hydroxyl groups excluding tert-OH is 2. The summed E-state index contributed by atoms with van der Waals surface area (Å²) in [6.45, 7) is 1.42. The minimum Gasteiger partial charge on any atom is -0.477 e. The molecule has 1 rings (SSSR count). The molecule has 2 atom stereocenters. The quantitative estimate of drug-likeness (QED) is 0.556. The molecule has 0 aliphatic carbocycles. The standard InChI is InChI=1S/C8H12N2O4S/c1-3-6(8(13)14)15-7(10-3)5(12)4(11)2-9/h4-5,11-12H,2,9H2,1H3,(H,13,14). The molecule has 15 heavy (non-hydrogen) atoms. The Hall–Kier alpha value is -1.02. The zero-order valence-electron chi connectivity index (χ0n) is 8.04. The van der Waals surface area contributed by atoms with Gasteiger partial charge in [-0.1, -0.05) is 0 Å². The van der Waals surface area contributed by atoms with Crippen molar-refractivity contribution in [2.24, 2.45) is 5.73 Å². The van der Waals surface area contributed by atoms with Crippen LogP contribution in [0.25, 0.3) is 0 Å². The van der Waals surface area contributed by atoms with Gasteiger partial charge in [0.05, 0.1) is 11.8 Å². The van der Waals surface area contributed by atoms with Gasteiger partial charge in [0.1, 0.15) is 16.0 Å². The molecule has 0 aromatic carbocycles. The average Bonchev–Trinajstić information content (AvgIpc) is 2.58. The third-order valence-corrected chi connectivity index (χ3v) is 3.08. The zero-order valence-corrected chi connectivity index (χ0v) is 8.86. The summed E-state index contributed by atoms with van der Waals surface area (Å²) >= 11 is 0.843. The lowest BCUT2D eigenvalue weighted by Gasteiger charge is -2.12. The van der Waals surface area contributed by atoms with Crippen molar-refractivity contribution in [2.75, 3.05) is 6.54 Å². The summed E-state index contributed by atoms with van der Waals surface area (Å²) in [4.78, 5) is 14.6. The number of hydrogen-bond acceptors (Lipinski definition) is 6. The van der Waals surface area contributed by atoms with E-state index in [1.807, 2.05) is 0 Å². The van der Waals surface area contributed by atoms with E-state index in [9.17, 15) is 15.0 Å². The lowest BCUT2D eigenvalue weighted by atomic mass is 10.2. The largest absolute Gasteiger partial charge is 0.477 e. The number of rotatable bonds is 4. The van der Waals surface area contributed by atoms with Crippen molar-refractivity contribution < 1.29 is 20.1 Å². The number of aryl methyl sites for hydroxylation is 1. The number of thiazole rings is 1. The molecule has 0 radical (unpaired) electrons. The summed E-state index contributed by atoms with van der Waals surface area (Å²) in [6, 6.07) is 0. The maximum Gasteiger partial charge on any atom is 0.347 e. The minimum atomic E-state index is -1.23. The first-order valence-electron chi connectivity index (χ1n) is 4.24. The number of nitrogens with two attached hydrogens (primary N) is 1. The third-order valence-electron chi connectivity index (χ3n) is 1.87. The van der Waals surface area contributed by atoms with E-state index in [1.54, 1.807) is 0 Å². The molecule has 0 saturated heterocycles. The highest BCUT2D eigenvalue weighted by molar-refractivity contribution is 7.13. The second-order valence-electron chi connectivity index (χ2n) is 3.02. The molecule has 2 unspecified atom stereocenters. The average molecular weight is 232 g/mol. The van der Waals surface area contributed by atoms with Crippen LogP contribution in [0.2, 0.25) is 0 Å². The zero-order chi connectivity index (χ0) is 11.6. The van der Waals surface area contributed by atoms with Gasteiger partial charge in [0.2, 0.25) is 0 Å². The molecule has 0 aliphatic heterocycles. The number of aliphatic hydroxyl groups is 2. The third kappa shape index (κ3) is 2.51. The molecule has 0 aliphatic rings. The first-order chi connectivity index (χ1) is 6.97. The highest BCUT2D eigenvalue weighted by Gasteiger charge is 2.23. The lowest BCUT2D eigenvalue weighted by Crippen LogP contribution is -2.27. The maximum absolute atomic E-state index is 10.7. The molecule has 6 nitrogen and oxygen atoms in total. The van der Waals surface area contributed by atoms with E-state index in [0.29, 0.717) is 5.69 Å². The molecule has 7 heteroatoms. The van der Waals surface area contributed by atoms with Crippen molar-refractivity contribution in [3.05, 3.63) is 15.6 Å². The summed E-state index contributed by atoms with van der Waals surface area (Å²) < 4.78 is 0. The molecule has 0 spiro atoms. The van der Waals surface area contributed by atoms with Crippen LogP contribution in [0, 0.1) is 6.92 Å². The molecule has 5 N–H and O–H groups in total. The Balaban J connectivity index is 2.97. The summed E-state index contributed by atoms with van der Waals surface area (Å²) in [6.07, 6.45) is -2.36. The van der Waals surface area contributed by atoms with Gasteiger partial charge < -0.3 is 21.1 Å². The van der Waals surface area contributed by atoms with E-state index in [2.05, 4.69) is 4.98 Å². The van der Waals surface area contributed by atoms with E-state index < -0.39 is 18.2 Å². The molecule has 84 valence electrons. The lowest BCUT2D eigenvalue weighted by molar-refractivity contribution is 0.0241. The van der Waals surface area contributed by atoms with Crippen LogP contribution in [0.1, 0.15) is 26.5 Å². The van der Waals surface area contributed by atoms with E-state index in [-0.39, 0.29) is 16.4 Å². The van der Waals surface area contributed by atoms with Crippen LogP contribution in [0.4, 0.5) is 0 Å². The smallest absolute Gasteiger partial charge is 0.347 e. The van der Waals surface area contributed by atoms with Gasteiger partial charge in [0.15, 0.2) is 0 Å². The van der Waals surface area contributed by atoms with E-state index in [1.165, 1.54) is 6.92 Å². The number of aromatic nitrogens is 1. The Bertz CT molecular complexity index is 366. The minimum absolute atomic E-state index is 0.0632. The highest BCUT2D eigenvalue weighted by atomic mass is 32.1. The van der Waals surface area contributed by atoms with Crippen molar-refractivity contribution in [1.29, 1.82) is 0 Å². The topological polar surface area (TPSA) is 117 Å². The normalized spacial score (nSPS) is 14.9. The first-order valence-corrected chi connectivity index (χ1v) is 5.05. The van der Waals surface area contributed by atoms with Crippen LogP contribution in [0.3, 0.4) is 0 Å². The Morgan fingerprint density at radius 2 is 2.20 bits per heavy atom. The number of carboxylic acid groups (broad SMARTS) is 1. The SMILES string of the molecule is Cc1nc(C(O)C(O)CN)sc1C(=O)O. The predicted molar refractivity (Wildman–Crippen MR) is 53.8 cm³/mol. The van der Waals surface area contributed by atoms with Crippen LogP contribution in [-0.2, 0) is 0 Å². The fraction of sp³-hybridized carbons (Fsp3) is 0.500. The van der Waals surface area contributed by atoms with E-state index >= 15 is 0 Å². The summed E-state index contributed by atoms with van der Waals surface area (Å²) in [5.74, 6) is -1.09. The first kappa shape index (κ1) is 12.1. The van der Waals surface area contributed by atoms with Gasteiger partial charge in [-0.2, -0.15) is 0 Å². The van der Waals surface area contributed by atoms with Gasteiger partial charge in [-0.25, -0.2) is 9.78 Å². The molecule has 0 amide bonds. The van der Waals surface area contributed by atoms with Gasteiger partial charge in [-0.05, 0) is 6.92 Å². The fourth-order valence-electron chi connectivity index (χ4n) is 1.04. The molecule has 0 bridgehead atoms. The molecule has 1 aromatic heterocycles. The van der Waals surface area contributed by atoms with E-state index in [4.69, 9.17) is 10.8 Å². The number of carboxylic acids is 1. The molecule has 1 heterocycles. The van der Waals surface area contributed by atoms with Crippen LogP contribution in [0.5, 0.6) is 0 Å². The Morgan fingerprint density at radius 1 is 1.60 bits per heavy atom. The van der Waals surface area contributed by atoms with E-state index in [0.717, 1.165) is 11.3 Å². The number of carbonyl (C=O) groups is 1. The van der Waals surface area contributed by atoms with Crippen molar-refractivity contribution in [1.82, 2.24) is 4.98 Å². The molecular formula is C8H12N2O4S. The monoisotopic (exact) mass is 232 g/mol. The van der Waals surface area contributed by atoms with Gasteiger partial charge in [0, 0.05) is 6.54 Å².